The Hall–Kier alpha value is -3.96. The third kappa shape index (κ3) is 5.95. The van der Waals surface area contributed by atoms with Crippen LogP contribution in [0, 0.1) is 23.7 Å². The summed E-state index contributed by atoms with van der Waals surface area (Å²) in [7, 11) is 0. The fraction of sp³-hybridized carbons (Fsp3) is 0.400. The number of benzene rings is 1. The van der Waals surface area contributed by atoms with Gasteiger partial charge in [0.05, 0.1) is 24.1 Å². The number of nitrogens with zero attached hydrogens (tertiary/aromatic N) is 5. The number of aryl methyl sites for hydroxylation is 1. The van der Waals surface area contributed by atoms with E-state index >= 15 is 0 Å². The van der Waals surface area contributed by atoms with Gasteiger partial charge in [-0.1, -0.05) is 37.8 Å². The zero-order valence-electron chi connectivity index (χ0n) is 22.4. The molecule has 1 saturated heterocycles. The molecule has 0 radical (unpaired) electrons. The van der Waals surface area contributed by atoms with Crippen LogP contribution in [0.4, 0.5) is 11.6 Å². The van der Waals surface area contributed by atoms with Crippen LogP contribution >= 0.6 is 0 Å². The van der Waals surface area contributed by atoms with Crippen molar-refractivity contribution in [1.29, 1.82) is 0 Å². The van der Waals surface area contributed by atoms with Crippen molar-refractivity contribution in [2.24, 2.45) is 11.8 Å². The molecule has 4 aromatic rings. The summed E-state index contributed by atoms with van der Waals surface area (Å²) < 4.78 is 3.70. The Kier molecular flexibility index (Phi) is 7.85. The molecule has 8 heteroatoms. The molecule has 0 spiro atoms. The van der Waals surface area contributed by atoms with Crippen molar-refractivity contribution in [3.05, 3.63) is 76.2 Å². The van der Waals surface area contributed by atoms with E-state index in [1.54, 1.807) is 29.4 Å². The smallest absolute Gasteiger partial charge is 0.268 e. The fourth-order valence-electron chi connectivity index (χ4n) is 4.88. The predicted octanol–water partition coefficient (Wildman–Crippen LogP) is 4.35. The number of hydrogen-bond donors (Lipinski definition) is 2. The number of fused-ring (bicyclic) bond motifs is 1. The van der Waals surface area contributed by atoms with E-state index in [0.29, 0.717) is 23.7 Å². The Balaban J connectivity index is 1.45. The normalized spacial score (nSPS) is 14.0. The highest BCUT2D eigenvalue weighted by atomic mass is 16.1. The molecule has 4 heterocycles. The van der Waals surface area contributed by atoms with Crippen LogP contribution in [-0.4, -0.2) is 37.2 Å². The summed E-state index contributed by atoms with van der Waals surface area (Å²) in [6.07, 6.45) is 8.90. The van der Waals surface area contributed by atoms with Crippen LogP contribution in [0.1, 0.15) is 50.4 Å². The Morgan fingerprint density at radius 2 is 1.95 bits per heavy atom. The average Bonchev–Trinajstić information content (AvgIpc) is 3.38. The molecule has 0 amide bonds. The summed E-state index contributed by atoms with van der Waals surface area (Å²) in [5.74, 6) is 7.53. The van der Waals surface area contributed by atoms with Gasteiger partial charge in [0.15, 0.2) is 0 Å². The molecule has 38 heavy (non-hydrogen) atoms. The summed E-state index contributed by atoms with van der Waals surface area (Å²) in [6.45, 7) is 9.41. The van der Waals surface area contributed by atoms with Crippen LogP contribution in [0.2, 0.25) is 0 Å². The van der Waals surface area contributed by atoms with E-state index in [9.17, 15) is 4.79 Å². The van der Waals surface area contributed by atoms with E-state index in [1.807, 2.05) is 18.4 Å². The van der Waals surface area contributed by atoms with Crippen molar-refractivity contribution in [2.75, 3.05) is 18.4 Å². The van der Waals surface area contributed by atoms with Crippen LogP contribution < -0.4 is 16.2 Å². The zero-order chi connectivity index (χ0) is 26.5. The second-order valence-corrected chi connectivity index (χ2v) is 10.2. The molecule has 2 N–H and O–H groups in total. The highest BCUT2D eigenvalue weighted by Gasteiger charge is 2.15. The van der Waals surface area contributed by atoms with Crippen LogP contribution in [0.5, 0.6) is 0 Å². The number of hydrogen-bond acceptors (Lipinski definition) is 6. The van der Waals surface area contributed by atoms with E-state index in [1.165, 1.54) is 18.4 Å². The van der Waals surface area contributed by atoms with E-state index in [0.717, 1.165) is 48.7 Å². The van der Waals surface area contributed by atoms with Crippen LogP contribution in [0.15, 0.2) is 53.8 Å². The fourth-order valence-corrected chi connectivity index (χ4v) is 4.88. The third-order valence-electron chi connectivity index (χ3n) is 6.98. The first-order valence-electron chi connectivity index (χ1n) is 13.5. The van der Waals surface area contributed by atoms with Crippen molar-refractivity contribution in [3.8, 4) is 11.8 Å². The minimum Gasteiger partial charge on any atom is -0.333 e. The molecule has 1 aliphatic rings. The van der Waals surface area contributed by atoms with Gasteiger partial charge in [-0.25, -0.2) is 9.97 Å². The molecule has 3 aromatic heterocycles. The lowest BCUT2D eigenvalue weighted by Crippen LogP contribution is -2.28. The summed E-state index contributed by atoms with van der Waals surface area (Å²) in [6, 6.07) is 10.3. The molecule has 8 nitrogen and oxygen atoms in total. The molecule has 1 aliphatic heterocycles. The number of rotatable bonds is 7. The number of pyridine rings is 1. The van der Waals surface area contributed by atoms with Crippen LogP contribution in [0.3, 0.4) is 0 Å². The minimum absolute atomic E-state index is 0.161. The molecule has 196 valence electrons. The SMILES string of the molecule is CCn1cncc1Cn1c(=O)c(C#CC(C)C)cc2cnc(Nc3ccc(CC4CCNCC4)cc3)nc21. The Morgan fingerprint density at radius 3 is 2.68 bits per heavy atom. The van der Waals surface area contributed by atoms with Crippen molar-refractivity contribution >= 4 is 22.7 Å². The van der Waals surface area contributed by atoms with Crippen LogP contribution in [0.25, 0.3) is 11.0 Å². The molecular weight excluding hydrogens is 474 g/mol. The molecular formula is C30H35N7O. The van der Waals surface area contributed by atoms with E-state index in [4.69, 9.17) is 4.98 Å². The van der Waals surface area contributed by atoms with Gasteiger partial charge in [-0.05, 0) is 69.0 Å². The van der Waals surface area contributed by atoms with Crippen molar-refractivity contribution < 1.29 is 0 Å². The predicted molar refractivity (Wildman–Crippen MR) is 152 cm³/mol. The first kappa shape index (κ1) is 25.7. The number of anilines is 2. The maximum absolute atomic E-state index is 13.5. The number of piperidine rings is 1. The summed E-state index contributed by atoms with van der Waals surface area (Å²) in [5, 5.41) is 7.52. The summed E-state index contributed by atoms with van der Waals surface area (Å²) >= 11 is 0. The molecule has 0 unspecified atom stereocenters. The van der Waals surface area contributed by atoms with Gasteiger partial charge in [0.1, 0.15) is 5.65 Å². The van der Waals surface area contributed by atoms with Crippen molar-refractivity contribution in [1.82, 2.24) is 29.4 Å². The van der Waals surface area contributed by atoms with Crippen molar-refractivity contribution in [3.63, 3.8) is 0 Å². The number of nitrogens with one attached hydrogen (secondary N) is 2. The average molecular weight is 510 g/mol. The lowest BCUT2D eigenvalue weighted by molar-refractivity contribution is 0.372. The van der Waals surface area contributed by atoms with Gasteiger partial charge < -0.3 is 15.2 Å². The van der Waals surface area contributed by atoms with Gasteiger partial charge in [0.2, 0.25) is 5.95 Å². The second-order valence-electron chi connectivity index (χ2n) is 10.2. The van der Waals surface area contributed by atoms with Gasteiger partial charge in [-0.3, -0.25) is 9.36 Å². The third-order valence-corrected chi connectivity index (χ3v) is 6.98. The maximum Gasteiger partial charge on any atom is 0.268 e. The molecule has 0 bridgehead atoms. The van der Waals surface area contributed by atoms with Gasteiger partial charge in [0, 0.05) is 35.9 Å². The maximum atomic E-state index is 13.5. The second kappa shape index (κ2) is 11.6. The monoisotopic (exact) mass is 509 g/mol. The molecule has 0 saturated carbocycles. The zero-order valence-corrected chi connectivity index (χ0v) is 22.4. The topological polar surface area (TPSA) is 89.7 Å². The van der Waals surface area contributed by atoms with Crippen molar-refractivity contribution in [2.45, 2.75) is 53.1 Å². The molecule has 0 aliphatic carbocycles. The van der Waals surface area contributed by atoms with Gasteiger partial charge in [-0.2, -0.15) is 4.98 Å². The molecule has 1 fully saturated rings. The molecule has 0 atom stereocenters. The quantitative estimate of drug-likeness (QED) is 0.360. The number of aromatic nitrogens is 5. The number of imidazole rings is 1. The molecule has 5 rings (SSSR count). The Morgan fingerprint density at radius 1 is 1.16 bits per heavy atom. The van der Waals surface area contributed by atoms with Gasteiger partial charge >= 0.3 is 0 Å². The summed E-state index contributed by atoms with van der Waals surface area (Å²) in [4.78, 5) is 27.1. The standard InChI is InChI=1S/C30H35N7O/c1-4-36-20-32-18-27(36)19-37-28-25(16-24(29(37)38)8-5-21(2)3)17-33-30(35-28)34-26-9-6-22(7-10-26)15-23-11-13-31-14-12-23/h6-7,9-10,16-18,20-21,23,31H,4,11-15,19H2,1-3H3,(H,33,34,35). The first-order valence-corrected chi connectivity index (χ1v) is 13.5. The lowest BCUT2D eigenvalue weighted by Gasteiger charge is -2.22. The Labute approximate surface area is 223 Å². The van der Waals surface area contributed by atoms with E-state index in [-0.39, 0.29) is 11.5 Å². The van der Waals surface area contributed by atoms with E-state index in [2.05, 4.69) is 63.6 Å². The molecule has 1 aromatic carbocycles. The Bertz CT molecular complexity index is 1520. The lowest BCUT2D eigenvalue weighted by atomic mass is 9.91. The highest BCUT2D eigenvalue weighted by molar-refractivity contribution is 5.77. The minimum atomic E-state index is -0.165. The van der Waals surface area contributed by atoms with E-state index < -0.39 is 0 Å². The highest BCUT2D eigenvalue weighted by Crippen LogP contribution is 2.21. The van der Waals surface area contributed by atoms with Gasteiger partial charge in [-0.15, -0.1) is 0 Å². The summed E-state index contributed by atoms with van der Waals surface area (Å²) in [5.41, 5.74) is 4.04. The van der Waals surface area contributed by atoms with Crippen LogP contribution in [-0.2, 0) is 19.5 Å². The largest absolute Gasteiger partial charge is 0.333 e. The van der Waals surface area contributed by atoms with Gasteiger partial charge in [0.25, 0.3) is 5.56 Å². The first-order chi connectivity index (χ1) is 18.5.